The molecule has 0 aromatic rings. The maximum Gasteiger partial charge on any atom is 0.302 e. The average molecular weight is 473 g/mol. The van der Waals surface area contributed by atoms with Gasteiger partial charge in [-0.25, -0.2) is 0 Å². The Hall–Kier alpha value is -1.23. The average Bonchev–Trinajstić information content (AvgIpc) is 3.07. The van der Waals surface area contributed by atoms with E-state index in [2.05, 4.69) is 20.8 Å². The number of esters is 1. The van der Waals surface area contributed by atoms with E-state index in [1.165, 1.54) is 19.8 Å². The zero-order chi connectivity index (χ0) is 24.6. The monoisotopic (exact) mass is 472 g/mol. The predicted octanol–water partition coefficient (Wildman–Crippen LogP) is 5.38. The summed E-state index contributed by atoms with van der Waals surface area (Å²) in [6, 6.07) is 0. The Morgan fingerprint density at radius 1 is 1.03 bits per heavy atom. The van der Waals surface area contributed by atoms with Crippen molar-refractivity contribution in [2.75, 3.05) is 0 Å². The molecule has 5 aliphatic rings. The second kappa shape index (κ2) is 8.42. The van der Waals surface area contributed by atoms with Gasteiger partial charge in [0.05, 0.1) is 6.10 Å². The summed E-state index contributed by atoms with van der Waals surface area (Å²) < 4.78 is 12.1. The van der Waals surface area contributed by atoms with Crippen molar-refractivity contribution < 1.29 is 23.9 Å². The van der Waals surface area contributed by atoms with Crippen molar-refractivity contribution in [1.82, 2.24) is 0 Å². The summed E-state index contributed by atoms with van der Waals surface area (Å²) in [7, 11) is 0. The summed E-state index contributed by atoms with van der Waals surface area (Å²) in [5.74, 6) is 2.83. The van der Waals surface area contributed by atoms with Crippen LogP contribution < -0.4 is 0 Å². The van der Waals surface area contributed by atoms with Crippen LogP contribution in [-0.4, -0.2) is 35.8 Å². The number of Topliss-reactive ketones (excluding diaryl/α,β-unsaturated/α-hetero) is 2. The molecular formula is C29H44O5. The SMILES string of the molecule is CC(=O)O[C@H]1CC[C@@]2(C)[C@H](C1)C(=O)C[C@@H]1[C@H]2CC[C@]2(C)[C@H]3[C@H](C)C[C@@H](C(=O)C(C)C)O[C@H]3C[C@H]12. The van der Waals surface area contributed by atoms with Crippen molar-refractivity contribution in [3.05, 3.63) is 0 Å². The molecule has 0 unspecified atom stereocenters. The van der Waals surface area contributed by atoms with Gasteiger partial charge in [0.15, 0.2) is 5.78 Å². The summed E-state index contributed by atoms with van der Waals surface area (Å²) in [5.41, 5.74) is 0.198. The van der Waals surface area contributed by atoms with Crippen molar-refractivity contribution in [2.45, 2.75) is 111 Å². The molecule has 34 heavy (non-hydrogen) atoms. The van der Waals surface area contributed by atoms with Crippen LogP contribution in [0.15, 0.2) is 0 Å². The zero-order valence-corrected chi connectivity index (χ0v) is 22.0. The summed E-state index contributed by atoms with van der Waals surface area (Å²) in [6.07, 6.45) is 7.19. The minimum atomic E-state index is -0.262. The first-order valence-corrected chi connectivity index (χ1v) is 13.8. The minimum absolute atomic E-state index is 0.00681. The van der Waals surface area contributed by atoms with Gasteiger partial charge in [0.2, 0.25) is 0 Å². The highest BCUT2D eigenvalue weighted by Crippen LogP contribution is 2.69. The highest BCUT2D eigenvalue weighted by Gasteiger charge is 2.66. The molecule has 11 atom stereocenters. The molecule has 0 aromatic heterocycles. The molecule has 190 valence electrons. The first-order chi connectivity index (χ1) is 16.0. The highest BCUT2D eigenvalue weighted by molar-refractivity contribution is 5.85. The van der Waals surface area contributed by atoms with E-state index in [9.17, 15) is 14.4 Å². The molecule has 0 amide bonds. The third-order valence-corrected chi connectivity index (χ3v) is 11.3. The third-order valence-electron chi connectivity index (χ3n) is 11.3. The number of hydrogen-bond acceptors (Lipinski definition) is 5. The Morgan fingerprint density at radius 3 is 2.41 bits per heavy atom. The van der Waals surface area contributed by atoms with Gasteiger partial charge in [-0.05, 0) is 85.4 Å². The minimum Gasteiger partial charge on any atom is -0.463 e. The van der Waals surface area contributed by atoms with Gasteiger partial charge in [-0.3, -0.25) is 14.4 Å². The first-order valence-electron chi connectivity index (χ1n) is 13.8. The predicted molar refractivity (Wildman–Crippen MR) is 129 cm³/mol. The van der Waals surface area contributed by atoms with Crippen molar-refractivity contribution >= 4 is 17.5 Å². The number of fused-ring (bicyclic) bond motifs is 7. The summed E-state index contributed by atoms with van der Waals surface area (Å²) >= 11 is 0. The molecule has 5 fully saturated rings. The van der Waals surface area contributed by atoms with Crippen LogP contribution in [0.5, 0.6) is 0 Å². The van der Waals surface area contributed by atoms with E-state index in [1.807, 2.05) is 13.8 Å². The topological polar surface area (TPSA) is 69.7 Å². The van der Waals surface area contributed by atoms with Gasteiger partial charge >= 0.3 is 5.97 Å². The lowest BCUT2D eigenvalue weighted by molar-refractivity contribution is -0.171. The number of hydrogen-bond donors (Lipinski definition) is 0. The number of carbonyl (C=O) groups is 3. The fourth-order valence-corrected chi connectivity index (χ4v) is 9.84. The molecule has 0 aromatic carbocycles. The maximum absolute atomic E-state index is 13.6. The van der Waals surface area contributed by atoms with E-state index in [4.69, 9.17) is 9.47 Å². The molecule has 5 heteroatoms. The zero-order valence-electron chi connectivity index (χ0n) is 22.0. The lowest BCUT2D eigenvalue weighted by atomic mass is 9.44. The molecule has 5 nitrogen and oxygen atoms in total. The Kier molecular flexibility index (Phi) is 6.06. The maximum atomic E-state index is 13.6. The van der Waals surface area contributed by atoms with Crippen molar-refractivity contribution in [1.29, 1.82) is 0 Å². The Morgan fingerprint density at radius 2 is 1.74 bits per heavy atom. The summed E-state index contributed by atoms with van der Waals surface area (Å²) in [5, 5.41) is 0. The van der Waals surface area contributed by atoms with Crippen molar-refractivity contribution in [3.8, 4) is 0 Å². The van der Waals surface area contributed by atoms with Crippen LogP contribution in [0.2, 0.25) is 0 Å². The van der Waals surface area contributed by atoms with Gasteiger partial charge in [0, 0.05) is 25.2 Å². The molecule has 5 rings (SSSR count). The van der Waals surface area contributed by atoms with Gasteiger partial charge in [0.25, 0.3) is 0 Å². The Labute approximate surface area is 205 Å². The van der Waals surface area contributed by atoms with Crippen LogP contribution in [0, 0.1) is 52.3 Å². The van der Waals surface area contributed by atoms with Crippen LogP contribution in [-0.2, 0) is 23.9 Å². The molecule has 1 aliphatic heterocycles. The Balaban J connectivity index is 1.39. The number of ether oxygens (including phenoxy) is 2. The normalized spacial score (nSPS) is 50.1. The van der Waals surface area contributed by atoms with Crippen LogP contribution >= 0.6 is 0 Å². The summed E-state index contributed by atoms with van der Waals surface area (Å²) in [4.78, 5) is 37.9. The fraction of sp³-hybridized carbons (Fsp3) is 0.897. The molecule has 1 saturated heterocycles. The standard InChI is InChI=1S/C29H44O5/c1-15(2)27(32)25-11-16(3)26-24(34-25)14-21-19-13-23(31)22-12-18(33-17(4)30)7-9-28(22,5)20(19)8-10-29(21,26)6/h15-16,18-22,24-26H,7-14H2,1-6H3/t16-,18+,19-,20-,21-,22-,24+,25+,26+,28-,29+/m1/s1. The lowest BCUT2D eigenvalue weighted by Gasteiger charge is -2.60. The van der Waals surface area contributed by atoms with Crippen molar-refractivity contribution in [3.63, 3.8) is 0 Å². The van der Waals surface area contributed by atoms with Gasteiger partial charge in [-0.1, -0.05) is 34.6 Å². The van der Waals surface area contributed by atoms with Crippen LogP contribution in [0.3, 0.4) is 0 Å². The lowest BCUT2D eigenvalue weighted by Crippen LogP contribution is -2.57. The van der Waals surface area contributed by atoms with E-state index in [1.54, 1.807) is 0 Å². The van der Waals surface area contributed by atoms with Gasteiger partial charge in [0.1, 0.15) is 18.0 Å². The fourth-order valence-electron chi connectivity index (χ4n) is 9.84. The van der Waals surface area contributed by atoms with E-state index in [0.29, 0.717) is 48.2 Å². The quantitative estimate of drug-likeness (QED) is 0.516. The third kappa shape index (κ3) is 3.62. The summed E-state index contributed by atoms with van der Waals surface area (Å²) in [6.45, 7) is 12.6. The number of carbonyl (C=O) groups excluding carboxylic acids is 3. The van der Waals surface area contributed by atoms with Gasteiger partial charge < -0.3 is 9.47 Å². The molecule has 0 radical (unpaired) electrons. The van der Waals surface area contributed by atoms with E-state index in [0.717, 1.165) is 25.7 Å². The highest BCUT2D eigenvalue weighted by atomic mass is 16.5. The van der Waals surface area contributed by atoms with Crippen LogP contribution in [0.4, 0.5) is 0 Å². The second-order valence-corrected chi connectivity index (χ2v) is 13.4. The first kappa shape index (κ1) is 24.5. The smallest absolute Gasteiger partial charge is 0.302 e. The van der Waals surface area contributed by atoms with Crippen LogP contribution in [0.25, 0.3) is 0 Å². The molecule has 0 N–H and O–H groups in total. The molecule has 4 aliphatic carbocycles. The van der Waals surface area contributed by atoms with Crippen molar-refractivity contribution in [2.24, 2.45) is 52.3 Å². The van der Waals surface area contributed by atoms with Gasteiger partial charge in [-0.2, -0.15) is 0 Å². The molecule has 1 heterocycles. The Bertz CT molecular complexity index is 865. The number of rotatable bonds is 3. The molecule has 4 saturated carbocycles. The van der Waals surface area contributed by atoms with Crippen LogP contribution in [0.1, 0.15) is 92.9 Å². The largest absolute Gasteiger partial charge is 0.463 e. The molecule has 0 bridgehead atoms. The van der Waals surface area contributed by atoms with E-state index >= 15 is 0 Å². The molecular weight excluding hydrogens is 428 g/mol. The number of ketones is 2. The van der Waals surface area contributed by atoms with E-state index < -0.39 is 0 Å². The van der Waals surface area contributed by atoms with E-state index in [-0.39, 0.29) is 52.7 Å². The second-order valence-electron chi connectivity index (χ2n) is 13.4. The molecule has 0 spiro atoms. The van der Waals surface area contributed by atoms with Gasteiger partial charge in [-0.15, -0.1) is 0 Å².